The van der Waals surface area contributed by atoms with E-state index in [1.165, 1.54) is 16.8 Å². The second-order valence-corrected chi connectivity index (χ2v) is 4.96. The van der Waals surface area contributed by atoms with Gasteiger partial charge >= 0.3 is 0 Å². The molecule has 1 aromatic heterocycles. The predicted molar refractivity (Wildman–Crippen MR) is 69.9 cm³/mol. The van der Waals surface area contributed by atoms with Crippen molar-refractivity contribution in [3.63, 3.8) is 0 Å². The molecule has 0 N–H and O–H groups in total. The van der Waals surface area contributed by atoms with E-state index in [0.717, 1.165) is 12.5 Å². The van der Waals surface area contributed by atoms with Crippen LogP contribution in [0.1, 0.15) is 23.9 Å². The summed E-state index contributed by atoms with van der Waals surface area (Å²) >= 11 is 3.42. The molecule has 1 atom stereocenters. The Balaban J connectivity index is 2.37. The summed E-state index contributed by atoms with van der Waals surface area (Å²) in [7, 11) is 0. The van der Waals surface area contributed by atoms with Crippen LogP contribution in [0.3, 0.4) is 0 Å². The molecule has 0 saturated carbocycles. The smallest absolute Gasteiger partial charge is 0.258 e. The third-order valence-corrected chi connectivity index (χ3v) is 3.70. The van der Waals surface area contributed by atoms with Crippen molar-refractivity contribution in [2.24, 2.45) is 0 Å². The Morgan fingerprint density at radius 1 is 1.58 bits per heavy atom. The molecule has 2 aromatic rings. The lowest BCUT2D eigenvalue weighted by molar-refractivity contribution is -0.385. The van der Waals surface area contributed by atoms with E-state index in [0.29, 0.717) is 5.69 Å². The maximum absolute atomic E-state index is 13.8. The van der Waals surface area contributed by atoms with E-state index in [4.69, 9.17) is 0 Å². The minimum absolute atomic E-state index is 0.0439. The monoisotopic (exact) mass is 328 g/mol. The summed E-state index contributed by atoms with van der Waals surface area (Å²) in [6, 6.07) is 3.40. The average Bonchev–Trinajstić information content (AvgIpc) is 2.87. The van der Waals surface area contributed by atoms with E-state index >= 15 is 0 Å². The number of benzene rings is 1. The molecule has 0 amide bonds. The van der Waals surface area contributed by atoms with Crippen molar-refractivity contribution < 1.29 is 9.31 Å². The highest BCUT2D eigenvalue weighted by Gasteiger charge is 2.15. The van der Waals surface area contributed by atoms with Crippen molar-refractivity contribution in [3.05, 3.63) is 46.0 Å². The van der Waals surface area contributed by atoms with Gasteiger partial charge in [-0.25, -0.2) is 9.07 Å². The molecule has 0 aliphatic carbocycles. The van der Waals surface area contributed by atoms with E-state index in [1.54, 1.807) is 6.20 Å². The van der Waals surface area contributed by atoms with Gasteiger partial charge in [-0.1, -0.05) is 28.1 Å². The largest absolute Gasteiger partial charge is 0.272 e. The number of hydrogen-bond acceptors (Lipinski definition) is 4. The number of nitro groups is 1. The molecule has 0 radical (unpaired) electrons. The second kappa shape index (κ2) is 5.43. The molecule has 0 spiro atoms. The zero-order valence-electron chi connectivity index (χ0n) is 9.96. The lowest BCUT2D eigenvalue weighted by atomic mass is 10.2. The van der Waals surface area contributed by atoms with Gasteiger partial charge in [0, 0.05) is 6.07 Å². The number of hydrogen-bond donors (Lipinski definition) is 0. The van der Waals surface area contributed by atoms with Gasteiger partial charge in [0.25, 0.3) is 5.69 Å². The lowest BCUT2D eigenvalue weighted by Gasteiger charge is -2.02. The fourth-order valence-corrected chi connectivity index (χ4v) is 1.75. The zero-order valence-corrected chi connectivity index (χ0v) is 11.5. The van der Waals surface area contributed by atoms with Crippen LogP contribution in [0.2, 0.25) is 0 Å². The highest BCUT2D eigenvalue weighted by atomic mass is 79.9. The molecule has 0 aliphatic rings. The fourth-order valence-electron chi connectivity index (χ4n) is 1.54. The second-order valence-electron chi connectivity index (χ2n) is 3.86. The molecule has 0 aliphatic heterocycles. The number of non-ortho nitro benzene ring substituents is 1. The van der Waals surface area contributed by atoms with Gasteiger partial charge in [-0.3, -0.25) is 10.1 Å². The van der Waals surface area contributed by atoms with Crippen LogP contribution >= 0.6 is 15.9 Å². The molecule has 8 heteroatoms. The van der Waals surface area contributed by atoms with Gasteiger partial charge in [-0.15, -0.1) is 5.10 Å². The van der Waals surface area contributed by atoms with Gasteiger partial charge < -0.3 is 0 Å². The molecule has 2 rings (SSSR count). The van der Waals surface area contributed by atoms with Crippen LogP contribution in [-0.2, 0) is 0 Å². The number of halogens is 2. The highest BCUT2D eigenvalue weighted by molar-refractivity contribution is 9.09. The van der Waals surface area contributed by atoms with E-state index in [-0.39, 0.29) is 16.2 Å². The van der Waals surface area contributed by atoms with Crippen molar-refractivity contribution in [1.82, 2.24) is 15.0 Å². The molecule has 1 aromatic carbocycles. The van der Waals surface area contributed by atoms with E-state index < -0.39 is 10.7 Å². The summed E-state index contributed by atoms with van der Waals surface area (Å²) in [6.45, 7) is 1.98. The van der Waals surface area contributed by atoms with Crippen LogP contribution in [0.25, 0.3) is 5.69 Å². The number of alkyl halides is 1. The first-order chi connectivity index (χ1) is 9.02. The van der Waals surface area contributed by atoms with E-state index in [1.807, 2.05) is 6.92 Å². The first-order valence-corrected chi connectivity index (χ1v) is 6.45. The Morgan fingerprint density at radius 2 is 2.32 bits per heavy atom. The molecule has 6 nitrogen and oxygen atoms in total. The van der Waals surface area contributed by atoms with E-state index in [9.17, 15) is 14.5 Å². The number of rotatable bonds is 4. The van der Waals surface area contributed by atoms with Gasteiger partial charge in [0.1, 0.15) is 5.69 Å². The summed E-state index contributed by atoms with van der Waals surface area (Å²) in [5, 5.41) is 18.3. The lowest BCUT2D eigenvalue weighted by Crippen LogP contribution is -1.99. The van der Waals surface area contributed by atoms with Crippen LogP contribution < -0.4 is 0 Å². The predicted octanol–water partition coefficient (Wildman–Crippen LogP) is 3.16. The summed E-state index contributed by atoms with van der Waals surface area (Å²) in [5.41, 5.74) is 0.508. The van der Waals surface area contributed by atoms with Crippen molar-refractivity contribution in [2.75, 3.05) is 0 Å². The standard InChI is InChI=1S/C11H10BrFN4O2/c1-2-8(12)10-6-16(15-14-10)11-4-3-7(17(18)19)5-9(11)13/h3-6,8H,2H2,1H3. The summed E-state index contributed by atoms with van der Waals surface area (Å²) in [4.78, 5) is 9.93. The van der Waals surface area contributed by atoms with Crippen molar-refractivity contribution >= 4 is 21.6 Å². The summed E-state index contributed by atoms with van der Waals surface area (Å²) < 4.78 is 15.0. The molecule has 100 valence electrons. The highest BCUT2D eigenvalue weighted by Crippen LogP contribution is 2.25. The maximum Gasteiger partial charge on any atom is 0.272 e. The molecule has 1 heterocycles. The normalized spacial score (nSPS) is 12.4. The average molecular weight is 329 g/mol. The quantitative estimate of drug-likeness (QED) is 0.491. The van der Waals surface area contributed by atoms with Gasteiger partial charge in [-0.2, -0.15) is 0 Å². The Morgan fingerprint density at radius 3 is 2.89 bits per heavy atom. The van der Waals surface area contributed by atoms with Gasteiger partial charge in [0.15, 0.2) is 5.82 Å². The zero-order chi connectivity index (χ0) is 14.0. The van der Waals surface area contributed by atoms with Gasteiger partial charge in [0.2, 0.25) is 0 Å². The molecule has 1 unspecified atom stereocenters. The number of nitrogens with zero attached hydrogens (tertiary/aromatic N) is 4. The first kappa shape index (κ1) is 13.6. The van der Waals surface area contributed by atoms with Crippen LogP contribution in [-0.4, -0.2) is 19.9 Å². The molecular weight excluding hydrogens is 319 g/mol. The molecule has 0 bridgehead atoms. The number of aromatic nitrogens is 3. The molecule has 0 saturated heterocycles. The molecule has 0 fully saturated rings. The summed E-state index contributed by atoms with van der Waals surface area (Å²) in [6.07, 6.45) is 2.41. The Hall–Kier alpha value is -1.83. The van der Waals surface area contributed by atoms with Crippen LogP contribution in [0.15, 0.2) is 24.4 Å². The number of nitro benzene ring substituents is 1. The van der Waals surface area contributed by atoms with Crippen molar-refractivity contribution in [3.8, 4) is 5.69 Å². The Labute approximate surface area is 116 Å². The topological polar surface area (TPSA) is 73.8 Å². The van der Waals surface area contributed by atoms with E-state index in [2.05, 4.69) is 26.2 Å². The fraction of sp³-hybridized carbons (Fsp3) is 0.273. The minimum atomic E-state index is -0.715. The van der Waals surface area contributed by atoms with Crippen LogP contribution in [0.4, 0.5) is 10.1 Å². The van der Waals surface area contributed by atoms with Crippen LogP contribution in [0, 0.1) is 15.9 Å². The Kier molecular flexibility index (Phi) is 3.89. The van der Waals surface area contributed by atoms with Gasteiger partial charge in [0.05, 0.1) is 27.7 Å². The molecule has 19 heavy (non-hydrogen) atoms. The van der Waals surface area contributed by atoms with Crippen LogP contribution in [0.5, 0.6) is 0 Å². The third-order valence-electron chi connectivity index (χ3n) is 2.58. The SMILES string of the molecule is CCC(Br)c1cn(-c2ccc([N+](=O)[O-])cc2F)nn1. The van der Waals surface area contributed by atoms with Crippen molar-refractivity contribution in [1.29, 1.82) is 0 Å². The maximum atomic E-state index is 13.8. The van der Waals surface area contributed by atoms with Gasteiger partial charge in [-0.05, 0) is 12.5 Å². The Bertz CT molecular complexity index is 616. The first-order valence-electron chi connectivity index (χ1n) is 5.53. The minimum Gasteiger partial charge on any atom is -0.258 e. The molecular formula is C11H10BrFN4O2. The third kappa shape index (κ3) is 2.78. The van der Waals surface area contributed by atoms with Crippen molar-refractivity contribution in [2.45, 2.75) is 18.2 Å². The summed E-state index contributed by atoms with van der Waals surface area (Å²) in [5.74, 6) is -0.715.